The maximum absolute atomic E-state index is 5.75. The Labute approximate surface area is 99.0 Å². The molecule has 0 radical (unpaired) electrons. The van der Waals surface area contributed by atoms with Gasteiger partial charge in [-0.1, -0.05) is 70.1 Å². The average molecular weight is 225 g/mol. The summed E-state index contributed by atoms with van der Waals surface area (Å²) in [5.41, 5.74) is 2.60. The summed E-state index contributed by atoms with van der Waals surface area (Å²) in [7, 11) is 0. The quantitative estimate of drug-likeness (QED) is 0.668. The van der Waals surface area contributed by atoms with Gasteiger partial charge < -0.3 is 0 Å². The zero-order chi connectivity index (χ0) is 11.8. The van der Waals surface area contributed by atoms with Gasteiger partial charge in [0, 0.05) is 11.5 Å². The molecule has 0 aliphatic heterocycles. The lowest BCUT2D eigenvalue weighted by Gasteiger charge is -2.07. The Morgan fingerprint density at radius 2 is 1.93 bits per heavy atom. The molecule has 0 bridgehead atoms. The van der Waals surface area contributed by atoms with E-state index in [9.17, 15) is 0 Å². The lowest BCUT2D eigenvalue weighted by Crippen LogP contribution is -1.90. The number of allylic oxidation sites excluding steroid dienone is 1. The molecule has 0 heterocycles. The molecule has 0 saturated heterocycles. The van der Waals surface area contributed by atoms with Crippen LogP contribution in [-0.2, 0) is 6.42 Å². The molecule has 0 nitrogen and oxygen atoms in total. The first-order valence-corrected chi connectivity index (χ1v) is 5.89. The largest absolute Gasteiger partial charge is 0.0894 e. The van der Waals surface area contributed by atoms with Crippen LogP contribution in [0.25, 0.3) is 0 Å². The van der Waals surface area contributed by atoms with Crippen molar-refractivity contribution in [1.82, 2.24) is 0 Å². The van der Waals surface area contributed by atoms with Gasteiger partial charge >= 0.3 is 0 Å². The van der Waals surface area contributed by atoms with Crippen molar-refractivity contribution in [1.29, 1.82) is 0 Å². The van der Waals surface area contributed by atoms with E-state index in [0.29, 0.717) is 11.0 Å². The van der Waals surface area contributed by atoms with Gasteiger partial charge in [-0.05, 0) is 17.0 Å². The summed E-state index contributed by atoms with van der Waals surface area (Å²) in [5, 5.41) is 0.695. The van der Waals surface area contributed by atoms with Crippen LogP contribution in [0.4, 0.5) is 0 Å². The predicted molar refractivity (Wildman–Crippen MR) is 70.6 cm³/mol. The molecule has 0 fully saturated rings. The highest BCUT2D eigenvalue weighted by Gasteiger charge is 2.00. The van der Waals surface area contributed by atoms with Crippen LogP contribution in [-0.4, -0.2) is 0 Å². The zero-order valence-electron chi connectivity index (χ0n) is 10.2. The molecule has 0 atom stereocenters. The monoisotopic (exact) mass is 224 g/mol. The van der Waals surface area contributed by atoms with Crippen LogP contribution in [0.1, 0.15) is 44.7 Å². The third-order valence-corrected chi connectivity index (χ3v) is 2.15. The first-order valence-electron chi connectivity index (χ1n) is 5.51. The lowest BCUT2D eigenvalue weighted by atomic mass is 10.00. The normalized spacial score (nSPS) is 9.47. The third kappa shape index (κ3) is 5.64. The van der Waals surface area contributed by atoms with Crippen molar-refractivity contribution in [2.45, 2.75) is 40.0 Å². The van der Waals surface area contributed by atoms with E-state index in [-0.39, 0.29) is 0 Å². The van der Waals surface area contributed by atoms with Crippen LogP contribution >= 0.6 is 11.6 Å². The molecule has 1 aromatic carbocycles. The molecule has 0 amide bonds. The van der Waals surface area contributed by atoms with E-state index in [4.69, 9.17) is 11.6 Å². The number of benzene rings is 1. The van der Waals surface area contributed by atoms with Crippen LogP contribution in [0.2, 0.25) is 0 Å². The Morgan fingerprint density at radius 1 is 1.33 bits per heavy atom. The minimum atomic E-state index is 0.573. The number of hydrogen-bond acceptors (Lipinski definition) is 0. The van der Waals surface area contributed by atoms with E-state index >= 15 is 0 Å². The van der Waals surface area contributed by atoms with Gasteiger partial charge in [0.1, 0.15) is 0 Å². The average Bonchev–Trinajstić information content (AvgIpc) is 2.20. The second-order valence-corrected chi connectivity index (χ2v) is 4.13. The van der Waals surface area contributed by atoms with Gasteiger partial charge in [-0.15, -0.1) is 0 Å². The van der Waals surface area contributed by atoms with E-state index in [2.05, 4.69) is 44.7 Å². The smallest absolute Gasteiger partial charge is 0.0153 e. The van der Waals surface area contributed by atoms with Crippen molar-refractivity contribution >= 4 is 11.6 Å². The predicted octanol–water partition coefficient (Wildman–Crippen LogP) is 5.13. The van der Waals surface area contributed by atoms with Crippen molar-refractivity contribution in [3.05, 3.63) is 47.0 Å². The zero-order valence-corrected chi connectivity index (χ0v) is 10.9. The second kappa shape index (κ2) is 7.53. The van der Waals surface area contributed by atoms with Gasteiger partial charge in [0.05, 0.1) is 0 Å². The highest BCUT2D eigenvalue weighted by atomic mass is 35.5. The van der Waals surface area contributed by atoms with Gasteiger partial charge in [0.15, 0.2) is 0 Å². The summed E-state index contributed by atoms with van der Waals surface area (Å²) < 4.78 is 0. The number of hydrogen-bond donors (Lipinski definition) is 0. The summed E-state index contributed by atoms with van der Waals surface area (Å²) in [6, 6.07) is 8.49. The Kier molecular flexibility index (Phi) is 7.15. The van der Waals surface area contributed by atoms with Crippen molar-refractivity contribution < 1.29 is 0 Å². The molecule has 1 heteroatoms. The lowest BCUT2D eigenvalue weighted by molar-refractivity contribution is 0.863. The summed E-state index contributed by atoms with van der Waals surface area (Å²) in [6.45, 7) is 12.1. The second-order valence-electron chi connectivity index (χ2n) is 3.59. The fourth-order valence-corrected chi connectivity index (χ4v) is 1.44. The Hall–Kier alpha value is -0.750. The Morgan fingerprint density at radius 3 is 2.40 bits per heavy atom. The van der Waals surface area contributed by atoms with Gasteiger partial charge in [-0.3, -0.25) is 0 Å². The maximum Gasteiger partial charge on any atom is 0.0153 e. The number of rotatable bonds is 3. The molecule has 0 unspecified atom stereocenters. The van der Waals surface area contributed by atoms with E-state index in [1.165, 1.54) is 11.1 Å². The van der Waals surface area contributed by atoms with E-state index in [1.54, 1.807) is 0 Å². The Balaban J connectivity index is 0.000000921. The van der Waals surface area contributed by atoms with Crippen molar-refractivity contribution in [3.63, 3.8) is 0 Å². The van der Waals surface area contributed by atoms with Gasteiger partial charge in [-0.25, -0.2) is 0 Å². The molecule has 0 aliphatic carbocycles. The molecule has 15 heavy (non-hydrogen) atoms. The number of halogens is 1. The van der Waals surface area contributed by atoms with Crippen molar-refractivity contribution in [3.8, 4) is 0 Å². The van der Waals surface area contributed by atoms with Gasteiger partial charge in [0.2, 0.25) is 0 Å². The van der Waals surface area contributed by atoms with Gasteiger partial charge in [-0.2, -0.15) is 0 Å². The molecular weight excluding hydrogens is 204 g/mol. The van der Waals surface area contributed by atoms with Crippen LogP contribution in [0.5, 0.6) is 0 Å². The summed E-state index contributed by atoms with van der Waals surface area (Å²) >= 11 is 5.75. The molecule has 0 saturated carbocycles. The van der Waals surface area contributed by atoms with Gasteiger partial charge in [0.25, 0.3) is 0 Å². The molecule has 84 valence electrons. The first kappa shape index (κ1) is 14.2. The van der Waals surface area contributed by atoms with Crippen LogP contribution in [0, 0.1) is 0 Å². The Bertz CT molecular complexity index is 300. The third-order valence-electron chi connectivity index (χ3n) is 2.01. The first-order chi connectivity index (χ1) is 7.09. The van der Waals surface area contributed by atoms with Crippen LogP contribution < -0.4 is 0 Å². The molecule has 0 aliphatic rings. The topological polar surface area (TPSA) is 0 Å². The minimum absolute atomic E-state index is 0.573. The summed E-state index contributed by atoms with van der Waals surface area (Å²) in [5.74, 6) is 0.573. The summed E-state index contributed by atoms with van der Waals surface area (Å²) in [4.78, 5) is 0. The highest BCUT2D eigenvalue weighted by molar-refractivity contribution is 6.29. The van der Waals surface area contributed by atoms with Crippen LogP contribution in [0.3, 0.4) is 0 Å². The fraction of sp³-hybridized carbons (Fsp3) is 0.429. The maximum atomic E-state index is 5.75. The molecule has 0 N–H and O–H groups in total. The van der Waals surface area contributed by atoms with E-state index < -0.39 is 0 Å². The van der Waals surface area contributed by atoms with Crippen molar-refractivity contribution in [2.75, 3.05) is 0 Å². The standard InChI is InChI=1S/C12H15Cl.C2H6/c1-9(2)12-6-4-5-11(8-12)7-10(3)13;1-2/h4-6,8-9H,3,7H2,1-2H3;1-2H3. The van der Waals surface area contributed by atoms with E-state index in [0.717, 1.165) is 6.42 Å². The SMILES string of the molecule is C=C(Cl)Cc1cccc(C(C)C)c1.CC. The minimum Gasteiger partial charge on any atom is -0.0894 e. The molecule has 0 spiro atoms. The van der Waals surface area contributed by atoms with Crippen molar-refractivity contribution in [2.24, 2.45) is 0 Å². The molecular formula is C14H21Cl. The van der Waals surface area contributed by atoms with E-state index in [1.807, 2.05) is 13.8 Å². The molecule has 1 rings (SSSR count). The molecule has 1 aromatic rings. The van der Waals surface area contributed by atoms with Crippen LogP contribution in [0.15, 0.2) is 35.9 Å². The summed E-state index contributed by atoms with van der Waals surface area (Å²) in [6.07, 6.45) is 0.766. The molecule has 0 aromatic heterocycles. The fourth-order valence-electron chi connectivity index (χ4n) is 1.28. The highest BCUT2D eigenvalue weighted by Crippen LogP contribution is 2.17.